The highest BCUT2D eigenvalue weighted by Crippen LogP contribution is 2.26. The van der Waals surface area contributed by atoms with Crippen LogP contribution in [-0.4, -0.2) is 10.2 Å². The maximum absolute atomic E-state index is 12.8. The van der Waals surface area contributed by atoms with Crippen LogP contribution < -0.4 is 10.8 Å². The number of hydrogen-bond donors (Lipinski definition) is 3. The summed E-state index contributed by atoms with van der Waals surface area (Å²) in [6.45, 7) is 1.80. The molecule has 0 unspecified atom stereocenters. The highest BCUT2D eigenvalue weighted by Gasteiger charge is 2.10. The number of aromatic nitrogens is 1. The van der Waals surface area contributed by atoms with Crippen LogP contribution in [0, 0.1) is 12.7 Å². The molecule has 1 aromatic heterocycles. The molecule has 6 heteroatoms. The van der Waals surface area contributed by atoms with E-state index in [9.17, 15) is 4.39 Å². The SMILES string of the molecule is Cc1nc(Nc2ccc(F)cc2)c(Br)cc1[NH2+]O. The van der Waals surface area contributed by atoms with Crippen LogP contribution >= 0.6 is 15.9 Å². The second-order valence-corrected chi connectivity index (χ2v) is 4.61. The predicted octanol–water partition coefficient (Wildman–Crippen LogP) is 2.62. The number of anilines is 2. The van der Waals surface area contributed by atoms with E-state index in [1.54, 1.807) is 25.1 Å². The number of benzene rings is 1. The number of quaternary nitrogens is 1. The van der Waals surface area contributed by atoms with Crippen molar-refractivity contribution in [1.82, 2.24) is 4.98 Å². The Morgan fingerprint density at radius 1 is 1.33 bits per heavy atom. The third-order valence-corrected chi connectivity index (χ3v) is 3.06. The Balaban J connectivity index is 2.29. The molecule has 4 N–H and O–H groups in total. The van der Waals surface area contributed by atoms with Gasteiger partial charge in [-0.2, -0.15) is 5.48 Å². The van der Waals surface area contributed by atoms with Crippen LogP contribution in [0.15, 0.2) is 34.8 Å². The molecule has 0 aliphatic rings. The second kappa shape index (κ2) is 5.43. The summed E-state index contributed by atoms with van der Waals surface area (Å²) in [6, 6.07) is 7.77. The molecule has 1 aromatic carbocycles. The molecular formula is C12H12BrFN3O+. The first-order valence-electron chi connectivity index (χ1n) is 5.27. The summed E-state index contributed by atoms with van der Waals surface area (Å²) in [5, 5.41) is 12.1. The third kappa shape index (κ3) is 2.84. The molecule has 0 radical (unpaired) electrons. The molecule has 0 bridgehead atoms. The highest BCUT2D eigenvalue weighted by molar-refractivity contribution is 9.10. The Kier molecular flexibility index (Phi) is 3.90. The van der Waals surface area contributed by atoms with Crippen LogP contribution in [-0.2, 0) is 0 Å². The lowest BCUT2D eigenvalue weighted by atomic mass is 10.3. The molecule has 0 fully saturated rings. The molecule has 2 rings (SSSR count). The summed E-state index contributed by atoms with van der Waals surface area (Å²) in [5.74, 6) is 0.332. The van der Waals surface area contributed by atoms with E-state index in [0.717, 1.165) is 15.6 Å². The fourth-order valence-electron chi connectivity index (χ4n) is 1.48. The first-order chi connectivity index (χ1) is 8.60. The van der Waals surface area contributed by atoms with Crippen LogP contribution in [0.5, 0.6) is 0 Å². The van der Waals surface area contributed by atoms with Gasteiger partial charge >= 0.3 is 0 Å². The zero-order chi connectivity index (χ0) is 13.1. The zero-order valence-corrected chi connectivity index (χ0v) is 11.2. The van der Waals surface area contributed by atoms with Crippen molar-refractivity contribution in [3.05, 3.63) is 46.3 Å². The van der Waals surface area contributed by atoms with Crippen LogP contribution in [0.4, 0.5) is 21.6 Å². The van der Waals surface area contributed by atoms with Gasteiger partial charge in [-0.15, -0.1) is 0 Å². The maximum Gasteiger partial charge on any atom is 0.184 e. The van der Waals surface area contributed by atoms with Crippen LogP contribution in [0.3, 0.4) is 0 Å². The Hall–Kier alpha value is -1.50. The number of pyridine rings is 1. The average molecular weight is 313 g/mol. The van der Waals surface area contributed by atoms with Gasteiger partial charge in [0.15, 0.2) is 5.69 Å². The molecule has 0 aliphatic carbocycles. The molecule has 0 saturated carbocycles. The van der Waals surface area contributed by atoms with Gasteiger partial charge in [0.2, 0.25) is 0 Å². The molecule has 4 nitrogen and oxygen atoms in total. The number of nitrogens with one attached hydrogen (secondary N) is 1. The van der Waals surface area contributed by atoms with Crippen molar-refractivity contribution in [2.45, 2.75) is 6.92 Å². The van der Waals surface area contributed by atoms with Crippen molar-refractivity contribution in [2.75, 3.05) is 5.32 Å². The van der Waals surface area contributed by atoms with Gasteiger partial charge in [0.25, 0.3) is 0 Å². The number of nitrogens with two attached hydrogens (primary N) is 1. The lowest BCUT2D eigenvalue weighted by Crippen LogP contribution is -2.74. The topological polar surface area (TPSA) is 61.8 Å². The Morgan fingerprint density at radius 3 is 2.61 bits per heavy atom. The van der Waals surface area contributed by atoms with Crippen LogP contribution in [0.2, 0.25) is 0 Å². The summed E-state index contributed by atoms with van der Waals surface area (Å²) < 4.78 is 13.5. The zero-order valence-electron chi connectivity index (χ0n) is 9.61. The molecule has 2 aromatic rings. The van der Waals surface area contributed by atoms with Gasteiger partial charge in [-0.05, 0) is 47.1 Å². The minimum Gasteiger partial charge on any atom is -0.339 e. The molecule has 18 heavy (non-hydrogen) atoms. The van der Waals surface area contributed by atoms with Crippen molar-refractivity contribution in [2.24, 2.45) is 0 Å². The predicted molar refractivity (Wildman–Crippen MR) is 69.7 cm³/mol. The molecule has 0 atom stereocenters. The Morgan fingerprint density at radius 2 is 2.00 bits per heavy atom. The molecule has 94 valence electrons. The Bertz CT molecular complexity index is 560. The lowest BCUT2D eigenvalue weighted by molar-refractivity contribution is -0.826. The standard InChI is InChI=1S/C12H11BrFN3O/c1-7-11(17-18)6-10(13)12(15-7)16-9-4-2-8(14)3-5-9/h2-6,17-18H,1H3,(H,15,16)/p+1. The van der Waals surface area contributed by atoms with Crippen molar-refractivity contribution in [3.63, 3.8) is 0 Å². The van der Waals surface area contributed by atoms with Gasteiger partial charge in [0.1, 0.15) is 17.3 Å². The largest absolute Gasteiger partial charge is 0.339 e. The summed E-state index contributed by atoms with van der Waals surface area (Å²) >= 11 is 3.36. The number of hydrogen-bond acceptors (Lipinski definition) is 3. The molecule has 0 aliphatic heterocycles. The van der Waals surface area contributed by atoms with Gasteiger partial charge in [-0.25, -0.2) is 14.6 Å². The van der Waals surface area contributed by atoms with Gasteiger partial charge < -0.3 is 5.32 Å². The van der Waals surface area contributed by atoms with E-state index in [1.165, 1.54) is 12.1 Å². The monoisotopic (exact) mass is 312 g/mol. The van der Waals surface area contributed by atoms with Crippen molar-refractivity contribution in [1.29, 1.82) is 0 Å². The molecule has 0 saturated heterocycles. The van der Waals surface area contributed by atoms with Crippen molar-refractivity contribution >= 4 is 33.1 Å². The van der Waals surface area contributed by atoms with Gasteiger partial charge in [0, 0.05) is 11.8 Å². The molecular weight excluding hydrogens is 301 g/mol. The number of rotatable bonds is 3. The van der Waals surface area contributed by atoms with E-state index in [-0.39, 0.29) is 5.82 Å². The van der Waals surface area contributed by atoms with Gasteiger partial charge in [0.05, 0.1) is 4.47 Å². The average Bonchev–Trinajstić information content (AvgIpc) is 2.36. The second-order valence-electron chi connectivity index (χ2n) is 3.75. The molecule has 0 spiro atoms. The van der Waals surface area contributed by atoms with Crippen LogP contribution in [0.25, 0.3) is 0 Å². The van der Waals surface area contributed by atoms with E-state index >= 15 is 0 Å². The van der Waals surface area contributed by atoms with E-state index < -0.39 is 0 Å². The number of nitrogens with zero attached hydrogens (tertiary/aromatic N) is 1. The first-order valence-corrected chi connectivity index (χ1v) is 6.06. The molecule has 1 heterocycles. The minimum absolute atomic E-state index is 0.283. The quantitative estimate of drug-likeness (QED) is 0.763. The summed E-state index contributed by atoms with van der Waals surface area (Å²) in [5.41, 5.74) is 3.09. The van der Waals surface area contributed by atoms with Crippen molar-refractivity contribution in [3.8, 4) is 0 Å². The molecule has 0 amide bonds. The van der Waals surface area contributed by atoms with Gasteiger partial charge in [-0.1, -0.05) is 0 Å². The number of halogens is 2. The van der Waals surface area contributed by atoms with Crippen LogP contribution in [0.1, 0.15) is 5.69 Å². The van der Waals surface area contributed by atoms with Gasteiger partial charge in [-0.3, -0.25) is 0 Å². The van der Waals surface area contributed by atoms with E-state index in [2.05, 4.69) is 26.2 Å². The maximum atomic E-state index is 12.8. The normalized spacial score (nSPS) is 10.4. The Labute approximate surface area is 112 Å². The highest BCUT2D eigenvalue weighted by atomic mass is 79.9. The van der Waals surface area contributed by atoms with E-state index in [4.69, 9.17) is 5.21 Å². The van der Waals surface area contributed by atoms with E-state index in [0.29, 0.717) is 17.2 Å². The fourth-order valence-corrected chi connectivity index (χ4v) is 1.92. The first kappa shape index (κ1) is 12.9. The lowest BCUT2D eigenvalue weighted by Gasteiger charge is -2.09. The fraction of sp³-hybridized carbons (Fsp3) is 0.0833. The summed E-state index contributed by atoms with van der Waals surface area (Å²) in [7, 11) is 0. The van der Waals surface area contributed by atoms with Crippen molar-refractivity contribution < 1.29 is 15.1 Å². The number of aryl methyl sites for hydroxylation is 1. The minimum atomic E-state index is -0.283. The summed E-state index contributed by atoms with van der Waals surface area (Å²) in [6.07, 6.45) is 0. The van der Waals surface area contributed by atoms with E-state index in [1.807, 2.05) is 0 Å². The third-order valence-electron chi connectivity index (χ3n) is 2.45. The summed E-state index contributed by atoms with van der Waals surface area (Å²) in [4.78, 5) is 4.32. The smallest absolute Gasteiger partial charge is 0.184 e.